The Kier molecular flexibility index (Phi) is 4.61. The molecule has 0 heterocycles. The number of urea groups is 1. The molecule has 18 heavy (non-hydrogen) atoms. The van der Waals surface area contributed by atoms with E-state index in [1.807, 2.05) is 0 Å². The maximum absolute atomic E-state index is 11.6. The number of carbonyl (C=O) groups excluding carboxylic acids is 1. The van der Waals surface area contributed by atoms with E-state index in [1.165, 1.54) is 29.2 Å². The first-order chi connectivity index (χ1) is 8.40. The molecule has 0 saturated carbocycles. The fourth-order valence-corrected chi connectivity index (χ4v) is 1.36. The largest absolute Gasteiger partial charge is 0.392 e. The van der Waals surface area contributed by atoms with Crippen molar-refractivity contribution in [3.63, 3.8) is 0 Å². The van der Waals surface area contributed by atoms with E-state index in [0.29, 0.717) is 5.69 Å². The lowest BCUT2D eigenvalue weighted by Gasteiger charge is -2.19. The Labute approximate surface area is 104 Å². The summed E-state index contributed by atoms with van der Waals surface area (Å²) in [5.74, 6) is 0. The summed E-state index contributed by atoms with van der Waals surface area (Å²) >= 11 is 0. The Morgan fingerprint density at radius 3 is 2.50 bits per heavy atom. The molecule has 1 aromatic rings. The van der Waals surface area contributed by atoms with Crippen LogP contribution < -0.4 is 5.32 Å². The Balaban J connectivity index is 2.62. The van der Waals surface area contributed by atoms with Crippen LogP contribution in [0.25, 0.3) is 0 Å². The monoisotopic (exact) mass is 253 g/mol. The van der Waals surface area contributed by atoms with Gasteiger partial charge in [0.1, 0.15) is 0 Å². The van der Waals surface area contributed by atoms with Crippen molar-refractivity contribution < 1.29 is 14.8 Å². The highest BCUT2D eigenvalue weighted by molar-refractivity contribution is 5.89. The first kappa shape index (κ1) is 13.9. The zero-order valence-electron chi connectivity index (χ0n) is 10.2. The van der Waals surface area contributed by atoms with E-state index in [-0.39, 0.29) is 18.3 Å². The van der Waals surface area contributed by atoms with E-state index in [1.54, 1.807) is 14.0 Å². The van der Waals surface area contributed by atoms with Gasteiger partial charge in [0.2, 0.25) is 0 Å². The molecule has 0 aliphatic rings. The maximum Gasteiger partial charge on any atom is 0.321 e. The van der Waals surface area contributed by atoms with Crippen LogP contribution in [0.4, 0.5) is 16.2 Å². The summed E-state index contributed by atoms with van der Waals surface area (Å²) < 4.78 is 0. The van der Waals surface area contributed by atoms with Gasteiger partial charge in [-0.1, -0.05) is 0 Å². The topological polar surface area (TPSA) is 95.7 Å². The minimum Gasteiger partial charge on any atom is -0.392 e. The lowest BCUT2D eigenvalue weighted by molar-refractivity contribution is -0.384. The molecule has 0 aliphatic heterocycles. The van der Waals surface area contributed by atoms with E-state index in [2.05, 4.69) is 5.32 Å². The molecule has 1 aromatic carbocycles. The highest BCUT2D eigenvalue weighted by Crippen LogP contribution is 2.15. The van der Waals surface area contributed by atoms with Crippen LogP contribution in [0, 0.1) is 10.1 Å². The number of carbonyl (C=O) groups is 1. The lowest BCUT2D eigenvalue weighted by Crippen LogP contribution is -2.36. The summed E-state index contributed by atoms with van der Waals surface area (Å²) in [5.41, 5.74) is 0.424. The van der Waals surface area contributed by atoms with E-state index in [4.69, 9.17) is 5.11 Å². The van der Waals surface area contributed by atoms with Crippen molar-refractivity contribution in [1.29, 1.82) is 0 Å². The maximum atomic E-state index is 11.6. The number of non-ortho nitro benzene ring substituents is 1. The molecule has 1 unspecified atom stereocenters. The predicted octanol–water partition coefficient (Wildman–Crippen LogP) is 1.44. The number of rotatable bonds is 4. The minimum atomic E-state index is -0.613. The number of aliphatic hydroxyl groups excluding tert-OH is 1. The van der Waals surface area contributed by atoms with Crippen LogP contribution in [-0.4, -0.2) is 40.7 Å². The number of anilines is 1. The van der Waals surface area contributed by atoms with Crippen molar-refractivity contribution in [2.24, 2.45) is 0 Å². The molecule has 0 saturated heterocycles. The number of benzene rings is 1. The number of hydrogen-bond acceptors (Lipinski definition) is 4. The first-order valence-corrected chi connectivity index (χ1v) is 5.35. The van der Waals surface area contributed by atoms with Gasteiger partial charge in [0.15, 0.2) is 0 Å². The van der Waals surface area contributed by atoms with Gasteiger partial charge in [-0.3, -0.25) is 10.1 Å². The number of nitro groups is 1. The number of nitrogens with one attached hydrogen (secondary N) is 1. The van der Waals surface area contributed by atoms with Crippen LogP contribution in [0.3, 0.4) is 0 Å². The second kappa shape index (κ2) is 5.97. The van der Waals surface area contributed by atoms with Gasteiger partial charge < -0.3 is 15.3 Å². The van der Waals surface area contributed by atoms with Crippen molar-refractivity contribution in [2.45, 2.75) is 13.0 Å². The average Bonchev–Trinajstić information content (AvgIpc) is 2.28. The molecule has 0 fully saturated rings. The van der Waals surface area contributed by atoms with Crippen LogP contribution in [0.15, 0.2) is 24.3 Å². The summed E-state index contributed by atoms with van der Waals surface area (Å²) in [4.78, 5) is 22.9. The fourth-order valence-electron chi connectivity index (χ4n) is 1.36. The molecule has 0 radical (unpaired) electrons. The van der Waals surface area contributed by atoms with Crippen molar-refractivity contribution in [2.75, 3.05) is 18.9 Å². The van der Waals surface area contributed by atoms with Crippen LogP contribution in [0.5, 0.6) is 0 Å². The standard InChI is InChI=1S/C11H15N3O4/c1-8(15)7-13(2)11(16)12-9-3-5-10(6-4-9)14(17)18/h3-6,8,15H,7H2,1-2H3,(H,12,16). The highest BCUT2D eigenvalue weighted by atomic mass is 16.6. The quantitative estimate of drug-likeness (QED) is 0.626. The van der Waals surface area contributed by atoms with Crippen molar-refractivity contribution in [1.82, 2.24) is 4.90 Å². The Morgan fingerprint density at radius 2 is 2.06 bits per heavy atom. The third-order valence-electron chi connectivity index (χ3n) is 2.21. The van der Waals surface area contributed by atoms with E-state index in [9.17, 15) is 14.9 Å². The molecular weight excluding hydrogens is 238 g/mol. The SMILES string of the molecule is CC(O)CN(C)C(=O)Nc1ccc([N+](=O)[O-])cc1. The molecular formula is C11H15N3O4. The Hall–Kier alpha value is -2.15. The number of nitrogens with zero attached hydrogens (tertiary/aromatic N) is 2. The fraction of sp³-hybridized carbons (Fsp3) is 0.364. The lowest BCUT2D eigenvalue weighted by atomic mass is 10.3. The molecule has 1 rings (SSSR count). The van der Waals surface area contributed by atoms with Gasteiger partial charge in [0, 0.05) is 31.4 Å². The zero-order chi connectivity index (χ0) is 13.7. The summed E-state index contributed by atoms with van der Waals surface area (Å²) in [6.07, 6.45) is -0.613. The summed E-state index contributed by atoms with van der Waals surface area (Å²) in [5, 5.41) is 22.2. The van der Waals surface area contributed by atoms with Gasteiger partial charge in [-0.2, -0.15) is 0 Å². The number of nitro benzene ring substituents is 1. The van der Waals surface area contributed by atoms with Crippen molar-refractivity contribution in [3.8, 4) is 0 Å². The van der Waals surface area contributed by atoms with Gasteiger partial charge in [-0.05, 0) is 19.1 Å². The van der Waals surface area contributed by atoms with Crippen molar-refractivity contribution >= 4 is 17.4 Å². The molecule has 0 aliphatic carbocycles. The molecule has 0 bridgehead atoms. The second-order valence-corrected chi connectivity index (χ2v) is 3.96. The summed E-state index contributed by atoms with van der Waals surface area (Å²) in [6.45, 7) is 1.79. The third-order valence-corrected chi connectivity index (χ3v) is 2.21. The second-order valence-electron chi connectivity index (χ2n) is 3.96. The van der Waals surface area contributed by atoms with Crippen molar-refractivity contribution in [3.05, 3.63) is 34.4 Å². The van der Waals surface area contributed by atoms with Gasteiger partial charge in [0.05, 0.1) is 11.0 Å². The summed E-state index contributed by atoms with van der Waals surface area (Å²) in [6, 6.07) is 5.14. The molecule has 1 atom stereocenters. The predicted molar refractivity (Wildman–Crippen MR) is 66.4 cm³/mol. The van der Waals surface area contributed by atoms with Crippen LogP contribution in [-0.2, 0) is 0 Å². The number of amides is 2. The number of aliphatic hydroxyl groups is 1. The van der Waals surface area contributed by atoms with Crippen LogP contribution >= 0.6 is 0 Å². The average molecular weight is 253 g/mol. The van der Waals surface area contributed by atoms with Gasteiger partial charge in [-0.15, -0.1) is 0 Å². The Morgan fingerprint density at radius 1 is 1.50 bits per heavy atom. The van der Waals surface area contributed by atoms with Crippen LogP contribution in [0.1, 0.15) is 6.92 Å². The van der Waals surface area contributed by atoms with E-state index >= 15 is 0 Å². The van der Waals surface area contributed by atoms with E-state index < -0.39 is 11.0 Å². The number of hydrogen-bond donors (Lipinski definition) is 2. The minimum absolute atomic E-state index is 0.0367. The highest BCUT2D eigenvalue weighted by Gasteiger charge is 2.11. The summed E-state index contributed by atoms with van der Waals surface area (Å²) in [7, 11) is 1.55. The molecule has 2 amide bonds. The first-order valence-electron chi connectivity index (χ1n) is 5.35. The smallest absolute Gasteiger partial charge is 0.321 e. The van der Waals surface area contributed by atoms with Crippen LogP contribution in [0.2, 0.25) is 0 Å². The number of likely N-dealkylation sites (N-methyl/N-ethyl adjacent to an activating group) is 1. The molecule has 0 aromatic heterocycles. The Bertz CT molecular complexity index is 430. The molecule has 2 N–H and O–H groups in total. The third kappa shape index (κ3) is 4.02. The molecule has 7 nitrogen and oxygen atoms in total. The zero-order valence-corrected chi connectivity index (χ0v) is 10.2. The van der Waals surface area contributed by atoms with Gasteiger partial charge >= 0.3 is 6.03 Å². The normalized spacial score (nSPS) is 11.7. The van der Waals surface area contributed by atoms with E-state index in [0.717, 1.165) is 0 Å². The van der Waals surface area contributed by atoms with Gasteiger partial charge in [-0.25, -0.2) is 4.79 Å². The molecule has 0 spiro atoms. The van der Waals surface area contributed by atoms with Gasteiger partial charge in [0.25, 0.3) is 5.69 Å². The molecule has 7 heteroatoms. The molecule has 98 valence electrons.